The molecule has 0 bridgehead atoms. The van der Waals surface area contributed by atoms with Gasteiger partial charge in [0.05, 0.1) is 11.4 Å². The first-order valence-corrected chi connectivity index (χ1v) is 9.88. The van der Waals surface area contributed by atoms with Crippen molar-refractivity contribution in [1.82, 2.24) is 19.5 Å². The summed E-state index contributed by atoms with van der Waals surface area (Å²) in [5.41, 5.74) is 5.29. The van der Waals surface area contributed by atoms with Crippen LogP contribution in [-0.2, 0) is 0 Å². The summed E-state index contributed by atoms with van der Waals surface area (Å²) in [6.07, 6.45) is 3.90. The molecule has 27 heavy (non-hydrogen) atoms. The van der Waals surface area contributed by atoms with E-state index in [1.54, 1.807) is 0 Å². The average molecular weight is 364 g/mol. The van der Waals surface area contributed by atoms with Gasteiger partial charge in [0.15, 0.2) is 5.65 Å². The molecule has 0 unspecified atom stereocenters. The van der Waals surface area contributed by atoms with Crippen LogP contribution in [0.25, 0.3) is 16.9 Å². The van der Waals surface area contributed by atoms with Gasteiger partial charge in [-0.1, -0.05) is 36.8 Å². The molecule has 4 rings (SSSR count). The molecule has 1 aliphatic rings. The molecule has 1 aromatic carbocycles. The first kappa shape index (κ1) is 18.0. The fraction of sp³-hybridized carbons (Fsp3) is 0.455. The van der Waals surface area contributed by atoms with Gasteiger partial charge in [0.25, 0.3) is 0 Å². The van der Waals surface area contributed by atoms with E-state index in [1.165, 1.54) is 25.8 Å². The Labute approximate surface area is 161 Å². The molecule has 1 atom stereocenters. The van der Waals surface area contributed by atoms with Crippen LogP contribution in [-0.4, -0.2) is 52.7 Å². The molecule has 0 spiro atoms. The van der Waals surface area contributed by atoms with E-state index in [0.717, 1.165) is 40.5 Å². The lowest BCUT2D eigenvalue weighted by molar-refractivity contribution is 0.189. The summed E-state index contributed by atoms with van der Waals surface area (Å²) in [7, 11) is 4.43. The Hall–Kier alpha value is -2.40. The maximum absolute atomic E-state index is 4.93. The number of likely N-dealkylation sites (N-methyl/N-ethyl adjacent to an activating group) is 2. The van der Waals surface area contributed by atoms with Crippen molar-refractivity contribution in [2.24, 2.45) is 0 Å². The molecule has 5 heteroatoms. The van der Waals surface area contributed by atoms with Gasteiger partial charge in [0.2, 0.25) is 0 Å². The number of benzene rings is 1. The van der Waals surface area contributed by atoms with E-state index >= 15 is 0 Å². The summed E-state index contributed by atoms with van der Waals surface area (Å²) in [5, 5.41) is 4.78. The summed E-state index contributed by atoms with van der Waals surface area (Å²) in [4.78, 5) is 9.78. The third-order valence-corrected chi connectivity index (χ3v) is 5.90. The van der Waals surface area contributed by atoms with Crippen molar-refractivity contribution in [3.8, 4) is 11.3 Å². The van der Waals surface area contributed by atoms with E-state index in [-0.39, 0.29) is 0 Å². The monoisotopic (exact) mass is 363 g/mol. The lowest BCUT2D eigenvalue weighted by Crippen LogP contribution is -2.44. The SMILES string of the molecule is Cc1nn2c(N(C)C[C@H]3CCCCN3C)cc(-c3ccccc3)nc2c1C. The molecule has 5 nitrogen and oxygen atoms in total. The van der Waals surface area contributed by atoms with Crippen LogP contribution in [0.5, 0.6) is 0 Å². The fourth-order valence-electron chi connectivity index (χ4n) is 4.03. The van der Waals surface area contributed by atoms with Crippen molar-refractivity contribution in [2.75, 3.05) is 32.1 Å². The summed E-state index contributed by atoms with van der Waals surface area (Å²) in [6, 6.07) is 13.2. The van der Waals surface area contributed by atoms with Crippen LogP contribution in [0, 0.1) is 13.8 Å². The first-order valence-electron chi connectivity index (χ1n) is 9.88. The van der Waals surface area contributed by atoms with Crippen molar-refractivity contribution < 1.29 is 0 Å². The highest BCUT2D eigenvalue weighted by Crippen LogP contribution is 2.27. The molecule has 1 fully saturated rings. The van der Waals surface area contributed by atoms with Crippen molar-refractivity contribution in [2.45, 2.75) is 39.2 Å². The zero-order chi connectivity index (χ0) is 19.0. The number of likely N-dealkylation sites (tertiary alicyclic amines) is 1. The van der Waals surface area contributed by atoms with Crippen molar-refractivity contribution in [3.05, 3.63) is 47.7 Å². The molecule has 0 aliphatic carbocycles. The first-order chi connectivity index (χ1) is 13.0. The number of nitrogens with zero attached hydrogens (tertiary/aromatic N) is 5. The van der Waals surface area contributed by atoms with E-state index in [1.807, 2.05) is 10.6 Å². The van der Waals surface area contributed by atoms with E-state index < -0.39 is 0 Å². The van der Waals surface area contributed by atoms with Crippen molar-refractivity contribution in [3.63, 3.8) is 0 Å². The zero-order valence-corrected chi connectivity index (χ0v) is 16.8. The third kappa shape index (κ3) is 3.44. The molecule has 0 amide bonds. The minimum absolute atomic E-state index is 0.588. The van der Waals surface area contributed by atoms with Gasteiger partial charge < -0.3 is 9.80 Å². The molecular formula is C22H29N5. The number of piperidine rings is 1. The minimum Gasteiger partial charge on any atom is -0.358 e. The minimum atomic E-state index is 0.588. The van der Waals surface area contributed by atoms with Gasteiger partial charge in [0.1, 0.15) is 5.82 Å². The van der Waals surface area contributed by atoms with E-state index in [4.69, 9.17) is 10.1 Å². The number of aryl methyl sites for hydroxylation is 2. The Morgan fingerprint density at radius 1 is 1.15 bits per heavy atom. The van der Waals surface area contributed by atoms with Gasteiger partial charge in [-0.05, 0) is 40.3 Å². The van der Waals surface area contributed by atoms with Gasteiger partial charge in [-0.25, -0.2) is 4.98 Å². The second kappa shape index (κ2) is 7.31. The number of rotatable bonds is 4. The Morgan fingerprint density at radius 3 is 2.67 bits per heavy atom. The highest BCUT2D eigenvalue weighted by molar-refractivity contribution is 5.68. The van der Waals surface area contributed by atoms with Crippen LogP contribution in [0.1, 0.15) is 30.5 Å². The lowest BCUT2D eigenvalue weighted by Gasteiger charge is -2.35. The van der Waals surface area contributed by atoms with Gasteiger partial charge in [-0.3, -0.25) is 0 Å². The van der Waals surface area contributed by atoms with Crippen molar-refractivity contribution in [1.29, 1.82) is 0 Å². The number of anilines is 1. The predicted molar refractivity (Wildman–Crippen MR) is 111 cm³/mol. The van der Waals surface area contributed by atoms with E-state index in [9.17, 15) is 0 Å². The Kier molecular flexibility index (Phi) is 4.87. The molecule has 1 aliphatic heterocycles. The predicted octanol–water partition coefficient (Wildman–Crippen LogP) is 3.93. The summed E-state index contributed by atoms with van der Waals surface area (Å²) >= 11 is 0. The molecule has 142 valence electrons. The van der Waals surface area contributed by atoms with E-state index in [2.05, 4.69) is 68.1 Å². The average Bonchev–Trinajstić information content (AvgIpc) is 2.98. The molecule has 1 saturated heterocycles. The van der Waals surface area contributed by atoms with Crippen LogP contribution < -0.4 is 4.90 Å². The number of fused-ring (bicyclic) bond motifs is 1. The summed E-state index contributed by atoms with van der Waals surface area (Å²) in [5.74, 6) is 1.11. The Balaban J connectivity index is 1.77. The van der Waals surface area contributed by atoms with Gasteiger partial charge in [-0.15, -0.1) is 0 Å². The molecule has 3 aromatic rings. The number of hydrogen-bond acceptors (Lipinski definition) is 4. The zero-order valence-electron chi connectivity index (χ0n) is 16.8. The topological polar surface area (TPSA) is 36.7 Å². The fourth-order valence-corrected chi connectivity index (χ4v) is 4.03. The quantitative estimate of drug-likeness (QED) is 0.704. The van der Waals surface area contributed by atoms with Gasteiger partial charge >= 0.3 is 0 Å². The van der Waals surface area contributed by atoms with Crippen LogP contribution in [0.3, 0.4) is 0 Å². The molecule has 0 radical (unpaired) electrons. The molecular weight excluding hydrogens is 334 g/mol. The van der Waals surface area contributed by atoms with Crippen LogP contribution >= 0.6 is 0 Å². The smallest absolute Gasteiger partial charge is 0.161 e. The summed E-state index contributed by atoms with van der Waals surface area (Å²) in [6.45, 7) is 6.37. The second-order valence-electron chi connectivity index (χ2n) is 7.82. The third-order valence-electron chi connectivity index (χ3n) is 5.90. The largest absolute Gasteiger partial charge is 0.358 e. The number of hydrogen-bond donors (Lipinski definition) is 0. The van der Waals surface area contributed by atoms with Crippen LogP contribution in [0.15, 0.2) is 36.4 Å². The highest BCUT2D eigenvalue weighted by atomic mass is 15.4. The normalized spacial score (nSPS) is 18.1. The number of aromatic nitrogens is 3. The second-order valence-corrected chi connectivity index (χ2v) is 7.82. The van der Waals surface area contributed by atoms with Crippen LogP contribution in [0.2, 0.25) is 0 Å². The van der Waals surface area contributed by atoms with Gasteiger partial charge in [-0.2, -0.15) is 9.61 Å². The molecule has 3 heterocycles. The Morgan fingerprint density at radius 2 is 1.93 bits per heavy atom. The Bertz CT molecular complexity index is 931. The van der Waals surface area contributed by atoms with Crippen molar-refractivity contribution >= 4 is 11.5 Å². The highest BCUT2D eigenvalue weighted by Gasteiger charge is 2.22. The maximum atomic E-state index is 4.93. The molecule has 0 saturated carbocycles. The standard InChI is InChI=1S/C22H29N5/c1-16-17(2)24-27-21(26(4)15-19-12-8-9-13-25(19)3)14-20(23-22(16)27)18-10-6-5-7-11-18/h5-7,10-11,14,19H,8-9,12-13,15H2,1-4H3/t19-/m1/s1. The molecule has 2 aromatic heterocycles. The maximum Gasteiger partial charge on any atom is 0.161 e. The summed E-state index contributed by atoms with van der Waals surface area (Å²) < 4.78 is 2.01. The van der Waals surface area contributed by atoms with E-state index in [0.29, 0.717) is 6.04 Å². The van der Waals surface area contributed by atoms with Crippen LogP contribution in [0.4, 0.5) is 5.82 Å². The lowest BCUT2D eigenvalue weighted by atomic mass is 10.0. The van der Waals surface area contributed by atoms with Gasteiger partial charge in [0, 0.05) is 36.8 Å². The molecule has 0 N–H and O–H groups in total.